The number of benzene rings is 3. The number of hydrogen-bond acceptors (Lipinski definition) is 6. The minimum atomic E-state index is -1.19. The number of carbonyl (C=O) groups excluding carboxylic acids is 2. The predicted octanol–water partition coefficient (Wildman–Crippen LogP) is 5.28. The van der Waals surface area contributed by atoms with Crippen LogP contribution >= 0.6 is 11.8 Å². The molecule has 0 radical (unpaired) electrons. The van der Waals surface area contributed by atoms with Gasteiger partial charge in [0.25, 0.3) is 0 Å². The highest BCUT2D eigenvalue weighted by Crippen LogP contribution is 2.48. The molecule has 3 rings (SSSR count). The molecule has 3 atom stereocenters. The molecule has 1 unspecified atom stereocenters. The second kappa shape index (κ2) is 18.9. The van der Waals surface area contributed by atoms with Gasteiger partial charge in [-0.2, -0.15) is 0 Å². The van der Waals surface area contributed by atoms with Gasteiger partial charge >= 0.3 is 5.97 Å². The van der Waals surface area contributed by atoms with Crippen LogP contribution in [0.4, 0.5) is 0 Å². The molecule has 0 saturated heterocycles. The van der Waals surface area contributed by atoms with Crippen molar-refractivity contribution in [3.05, 3.63) is 120 Å². The van der Waals surface area contributed by atoms with Crippen molar-refractivity contribution in [1.82, 2.24) is 10.6 Å². The average molecular weight is 647 g/mol. The van der Waals surface area contributed by atoms with Crippen molar-refractivity contribution in [3.63, 3.8) is 0 Å². The van der Waals surface area contributed by atoms with E-state index in [4.69, 9.17) is 5.11 Å². The fourth-order valence-corrected chi connectivity index (χ4v) is 6.85. The maximum Gasteiger partial charge on any atom is 0.306 e. The maximum atomic E-state index is 12.3. The Labute approximate surface area is 276 Å². The van der Waals surface area contributed by atoms with Gasteiger partial charge in [0, 0.05) is 13.0 Å². The van der Waals surface area contributed by atoms with Crippen LogP contribution in [0, 0.1) is 5.92 Å². The zero-order valence-corrected chi connectivity index (χ0v) is 27.4. The van der Waals surface area contributed by atoms with E-state index in [0.717, 1.165) is 5.75 Å². The van der Waals surface area contributed by atoms with Gasteiger partial charge in [-0.1, -0.05) is 117 Å². The summed E-state index contributed by atoms with van der Waals surface area (Å²) in [6.45, 7) is 3.84. The third-order valence-corrected chi connectivity index (χ3v) is 9.22. The number of aliphatic hydroxyl groups is 2. The van der Waals surface area contributed by atoms with Gasteiger partial charge < -0.3 is 26.0 Å². The summed E-state index contributed by atoms with van der Waals surface area (Å²) in [5.41, 5.74) is 3.56. The molecule has 3 aromatic carbocycles. The van der Waals surface area contributed by atoms with Crippen molar-refractivity contribution < 1.29 is 29.7 Å². The first-order chi connectivity index (χ1) is 22.1. The van der Waals surface area contributed by atoms with Gasteiger partial charge in [0.15, 0.2) is 0 Å². The normalized spacial score (nSPS) is 13.7. The Morgan fingerprint density at radius 2 is 1.33 bits per heavy atom. The van der Waals surface area contributed by atoms with Gasteiger partial charge in [0.2, 0.25) is 11.8 Å². The summed E-state index contributed by atoms with van der Waals surface area (Å²) in [6.07, 6.45) is 2.07. The summed E-state index contributed by atoms with van der Waals surface area (Å²) >= 11 is 1.83. The van der Waals surface area contributed by atoms with Gasteiger partial charge in [0.05, 0.1) is 35.8 Å². The third kappa shape index (κ3) is 11.2. The van der Waals surface area contributed by atoms with Crippen LogP contribution < -0.4 is 10.6 Å². The van der Waals surface area contributed by atoms with Gasteiger partial charge in [-0.15, -0.1) is 11.8 Å². The van der Waals surface area contributed by atoms with Gasteiger partial charge in [-0.3, -0.25) is 14.4 Å². The van der Waals surface area contributed by atoms with E-state index in [1.165, 1.54) is 16.7 Å². The maximum absolute atomic E-state index is 12.3. The summed E-state index contributed by atoms with van der Waals surface area (Å²) in [5, 5.41) is 34.9. The quantitative estimate of drug-likeness (QED) is 0.0679. The van der Waals surface area contributed by atoms with Crippen LogP contribution in [0.15, 0.2) is 103 Å². The highest BCUT2D eigenvalue weighted by molar-refractivity contribution is 8.00. The molecular weight excluding hydrogens is 600 g/mol. The number of nitrogens with one attached hydrogen (secondary N) is 2. The van der Waals surface area contributed by atoms with E-state index in [1.807, 2.05) is 36.0 Å². The standard InChI is InChI=1S/C37H46N2O6S/c1-27(2)36(32(41)26-35(44)45)39-33(42)22-14-23-38-34(43)25-31(40)21-12-13-24-46-37(28-15-6-3-7-16-28,29-17-8-4-9-18-29)30-19-10-5-11-20-30/h3-12,15-21,27,31-32,36,40-41H,13-14,22-26H2,1-2H3,(H,38,43)(H,39,42)(H,44,45)/t31?,32-,36+/m0/s1. The van der Waals surface area contributed by atoms with Crippen molar-refractivity contribution in [2.24, 2.45) is 5.92 Å². The number of thioether (sulfide) groups is 1. The lowest BCUT2D eigenvalue weighted by Crippen LogP contribution is -2.47. The lowest BCUT2D eigenvalue weighted by Gasteiger charge is -2.35. The fraction of sp³-hybridized carbons (Fsp3) is 0.378. The van der Waals surface area contributed by atoms with Crippen molar-refractivity contribution in [3.8, 4) is 0 Å². The minimum absolute atomic E-state index is 0.0887. The molecule has 5 N–H and O–H groups in total. The second-order valence-corrected chi connectivity index (χ2v) is 12.9. The molecule has 0 spiro atoms. The highest BCUT2D eigenvalue weighted by atomic mass is 32.2. The fourth-order valence-electron chi connectivity index (χ4n) is 5.38. The molecule has 46 heavy (non-hydrogen) atoms. The van der Waals surface area contributed by atoms with Gasteiger partial charge in [0.1, 0.15) is 0 Å². The summed E-state index contributed by atoms with van der Waals surface area (Å²) in [7, 11) is 0. The Morgan fingerprint density at radius 1 is 0.804 bits per heavy atom. The van der Waals surface area contributed by atoms with Crippen molar-refractivity contribution >= 4 is 29.5 Å². The zero-order chi connectivity index (χ0) is 33.4. The molecule has 0 heterocycles. The van der Waals surface area contributed by atoms with Crippen molar-refractivity contribution in [2.45, 2.75) is 68.9 Å². The first-order valence-electron chi connectivity index (χ1n) is 15.7. The van der Waals surface area contributed by atoms with Gasteiger partial charge in [-0.25, -0.2) is 0 Å². The number of allylic oxidation sites excluding steroid dienone is 1. The van der Waals surface area contributed by atoms with E-state index >= 15 is 0 Å². The molecule has 0 fully saturated rings. The summed E-state index contributed by atoms with van der Waals surface area (Å²) < 4.78 is -0.416. The molecule has 8 nitrogen and oxygen atoms in total. The predicted molar refractivity (Wildman–Crippen MR) is 183 cm³/mol. The molecular formula is C37H46N2O6S. The smallest absolute Gasteiger partial charge is 0.306 e. The zero-order valence-electron chi connectivity index (χ0n) is 26.5. The number of amides is 2. The largest absolute Gasteiger partial charge is 0.481 e. The summed E-state index contributed by atoms with van der Waals surface area (Å²) in [6, 6.07) is 30.7. The van der Waals surface area contributed by atoms with Crippen LogP contribution in [0.25, 0.3) is 0 Å². The number of carbonyl (C=O) groups is 3. The van der Waals surface area contributed by atoms with Crippen LogP contribution in [0.5, 0.6) is 0 Å². The van der Waals surface area contributed by atoms with Crippen LogP contribution in [0.2, 0.25) is 0 Å². The van der Waals surface area contributed by atoms with E-state index < -0.39 is 35.4 Å². The Morgan fingerprint density at radius 3 is 1.80 bits per heavy atom. The monoisotopic (exact) mass is 646 g/mol. The highest BCUT2D eigenvalue weighted by Gasteiger charge is 2.36. The van der Waals surface area contributed by atoms with Crippen molar-refractivity contribution in [1.29, 1.82) is 0 Å². The number of aliphatic carboxylic acids is 1. The van der Waals surface area contributed by atoms with Crippen LogP contribution in [0.1, 0.15) is 62.6 Å². The SMILES string of the molecule is CC(C)[C@@H](NC(=O)CCCNC(=O)CC(O)C=CCCSC(c1ccccc1)(c1ccccc1)c1ccccc1)[C@@H](O)CC(=O)O. The molecule has 9 heteroatoms. The summed E-state index contributed by atoms with van der Waals surface area (Å²) in [5.74, 6) is -1.15. The Balaban J connectivity index is 1.48. The van der Waals surface area contributed by atoms with E-state index in [0.29, 0.717) is 12.8 Å². The average Bonchev–Trinajstić information content (AvgIpc) is 3.04. The Kier molecular flexibility index (Phi) is 15.0. The molecule has 0 aliphatic heterocycles. The molecule has 2 amide bonds. The molecule has 0 bridgehead atoms. The van der Waals surface area contributed by atoms with Crippen LogP contribution in [-0.4, -0.2) is 63.7 Å². The van der Waals surface area contributed by atoms with E-state index in [2.05, 4.69) is 83.4 Å². The molecule has 0 aromatic heterocycles. The van der Waals surface area contributed by atoms with Gasteiger partial charge in [-0.05, 0) is 41.2 Å². The van der Waals surface area contributed by atoms with E-state index in [-0.39, 0.29) is 37.1 Å². The minimum Gasteiger partial charge on any atom is -0.481 e. The number of carboxylic acids is 1. The second-order valence-electron chi connectivity index (χ2n) is 11.6. The number of carboxylic acid groups (broad SMARTS) is 1. The Bertz CT molecular complexity index is 1290. The molecule has 0 aliphatic rings. The van der Waals surface area contributed by atoms with Crippen molar-refractivity contribution in [2.75, 3.05) is 12.3 Å². The van der Waals surface area contributed by atoms with Crippen LogP contribution in [-0.2, 0) is 19.1 Å². The van der Waals surface area contributed by atoms with E-state index in [1.54, 1.807) is 19.9 Å². The molecule has 246 valence electrons. The lowest BCUT2D eigenvalue weighted by atomic mass is 9.84. The molecule has 0 saturated carbocycles. The van der Waals surface area contributed by atoms with E-state index in [9.17, 15) is 24.6 Å². The lowest BCUT2D eigenvalue weighted by molar-refractivity contribution is -0.140. The third-order valence-electron chi connectivity index (χ3n) is 7.64. The number of hydrogen-bond donors (Lipinski definition) is 5. The summed E-state index contributed by atoms with van der Waals surface area (Å²) in [4.78, 5) is 35.6. The topological polar surface area (TPSA) is 136 Å². The first kappa shape index (κ1) is 36.5. The first-order valence-corrected chi connectivity index (χ1v) is 16.7. The van der Waals surface area contributed by atoms with Crippen LogP contribution in [0.3, 0.4) is 0 Å². The Hall–Kier alpha value is -3.92. The molecule has 0 aliphatic carbocycles. The number of rotatable bonds is 19. The molecule has 3 aromatic rings. The number of aliphatic hydroxyl groups excluding tert-OH is 2.